The predicted molar refractivity (Wildman–Crippen MR) is 98.6 cm³/mol. The molecule has 0 aromatic heterocycles. The van der Waals surface area contributed by atoms with Crippen molar-refractivity contribution in [3.63, 3.8) is 0 Å². The van der Waals surface area contributed by atoms with Crippen molar-refractivity contribution in [3.8, 4) is 5.75 Å². The molecule has 0 aliphatic carbocycles. The molecule has 9 nitrogen and oxygen atoms in total. The highest BCUT2D eigenvalue weighted by molar-refractivity contribution is 7.91. The number of ether oxygens (including phenoxy) is 1. The van der Waals surface area contributed by atoms with Crippen LogP contribution in [0.15, 0.2) is 22.6 Å². The summed E-state index contributed by atoms with van der Waals surface area (Å²) in [5, 5.41) is 2.83. The Labute approximate surface area is 152 Å². The highest BCUT2D eigenvalue weighted by Crippen LogP contribution is 2.31. The van der Waals surface area contributed by atoms with Crippen molar-refractivity contribution in [2.24, 2.45) is 10.1 Å². The van der Waals surface area contributed by atoms with Crippen molar-refractivity contribution in [1.29, 1.82) is 0 Å². The number of amidine groups is 1. The van der Waals surface area contributed by atoms with Crippen LogP contribution in [0.25, 0.3) is 0 Å². The number of carbonyl (C=O) groups is 1. The molecule has 2 heterocycles. The summed E-state index contributed by atoms with van der Waals surface area (Å²) >= 11 is 0. The third-order valence-electron chi connectivity index (χ3n) is 4.39. The molecule has 1 aromatic rings. The maximum atomic E-state index is 12.2. The van der Waals surface area contributed by atoms with Gasteiger partial charge in [0, 0.05) is 13.1 Å². The molecule has 1 aromatic carbocycles. The zero-order chi connectivity index (χ0) is 18.7. The molecule has 3 rings (SSSR count). The number of piperidine rings is 1. The van der Waals surface area contributed by atoms with E-state index >= 15 is 0 Å². The lowest BCUT2D eigenvalue weighted by Gasteiger charge is -2.35. The summed E-state index contributed by atoms with van der Waals surface area (Å²) in [6.45, 7) is 3.44. The van der Waals surface area contributed by atoms with Gasteiger partial charge in [-0.25, -0.2) is 4.79 Å². The molecule has 26 heavy (non-hydrogen) atoms. The summed E-state index contributed by atoms with van der Waals surface area (Å²) in [5.74, 6) is 0.325. The van der Waals surface area contributed by atoms with Gasteiger partial charge in [-0.15, -0.1) is 4.40 Å². The second-order valence-electron chi connectivity index (χ2n) is 6.22. The highest BCUT2D eigenvalue weighted by atomic mass is 32.2. The molecule has 1 saturated heterocycles. The number of amides is 2. The van der Waals surface area contributed by atoms with Crippen molar-refractivity contribution < 1.29 is 17.9 Å². The minimum absolute atomic E-state index is 0.0513. The number of hydrogen-bond donors (Lipinski definition) is 3. The minimum atomic E-state index is -3.83. The van der Waals surface area contributed by atoms with Crippen molar-refractivity contribution in [3.05, 3.63) is 23.8 Å². The topological polar surface area (TPSA) is 126 Å². The summed E-state index contributed by atoms with van der Waals surface area (Å²) in [7, 11) is -3.83. The quantitative estimate of drug-likeness (QED) is 0.718. The molecular formula is C16H23N5O4S. The van der Waals surface area contributed by atoms with E-state index < -0.39 is 10.2 Å². The van der Waals surface area contributed by atoms with E-state index in [0.717, 1.165) is 19.3 Å². The molecule has 2 aliphatic rings. The molecule has 0 bridgehead atoms. The van der Waals surface area contributed by atoms with Gasteiger partial charge in [-0.2, -0.15) is 8.42 Å². The Bertz CT molecular complexity index is 824. The van der Waals surface area contributed by atoms with Crippen molar-refractivity contribution in [2.75, 3.05) is 24.4 Å². The molecule has 0 saturated carbocycles. The summed E-state index contributed by atoms with van der Waals surface area (Å²) in [6, 6.07) is 4.84. The van der Waals surface area contributed by atoms with Crippen LogP contribution in [-0.4, -0.2) is 50.9 Å². The van der Waals surface area contributed by atoms with Gasteiger partial charge in [0.1, 0.15) is 12.4 Å². The Balaban J connectivity index is 1.77. The van der Waals surface area contributed by atoms with Gasteiger partial charge in [0.05, 0.1) is 17.3 Å². The van der Waals surface area contributed by atoms with Gasteiger partial charge in [0.2, 0.25) is 0 Å². The van der Waals surface area contributed by atoms with E-state index in [1.807, 2.05) is 6.92 Å². The second-order valence-corrected chi connectivity index (χ2v) is 7.56. The predicted octanol–water partition coefficient (Wildman–Crippen LogP) is 1.02. The van der Waals surface area contributed by atoms with E-state index in [4.69, 9.17) is 10.5 Å². The minimum Gasteiger partial charge on any atom is -0.491 e. The van der Waals surface area contributed by atoms with Crippen LogP contribution in [-0.2, 0) is 10.2 Å². The van der Waals surface area contributed by atoms with Gasteiger partial charge in [-0.3, -0.25) is 4.72 Å². The zero-order valence-corrected chi connectivity index (χ0v) is 15.4. The van der Waals surface area contributed by atoms with Gasteiger partial charge in [0.15, 0.2) is 5.84 Å². The van der Waals surface area contributed by atoms with Crippen LogP contribution in [0.3, 0.4) is 0 Å². The summed E-state index contributed by atoms with van der Waals surface area (Å²) < 4.78 is 35.0. The van der Waals surface area contributed by atoms with Crippen molar-refractivity contribution >= 4 is 27.8 Å². The fourth-order valence-corrected chi connectivity index (χ4v) is 4.06. The number of fused-ring (bicyclic) bond motifs is 1. The molecule has 2 aliphatic heterocycles. The van der Waals surface area contributed by atoms with Gasteiger partial charge in [-0.1, -0.05) is 6.07 Å². The zero-order valence-electron chi connectivity index (χ0n) is 14.6. The highest BCUT2D eigenvalue weighted by Gasteiger charge is 2.28. The van der Waals surface area contributed by atoms with Gasteiger partial charge < -0.3 is 20.7 Å². The number of nitrogens with one attached hydrogen (secondary N) is 2. The first kappa shape index (κ1) is 18.3. The van der Waals surface area contributed by atoms with Crippen LogP contribution in [0, 0.1) is 0 Å². The van der Waals surface area contributed by atoms with E-state index in [2.05, 4.69) is 14.4 Å². The van der Waals surface area contributed by atoms with Crippen molar-refractivity contribution in [2.45, 2.75) is 32.2 Å². The number of rotatable bonds is 4. The fraction of sp³-hybridized carbons (Fsp3) is 0.500. The SMILES string of the molecule is CCNC(=O)N1CCCC[C@@H]1COc1cccc2c1C(N)=NS(=O)(=O)N2. The molecule has 10 heteroatoms. The lowest BCUT2D eigenvalue weighted by molar-refractivity contribution is 0.116. The largest absolute Gasteiger partial charge is 0.491 e. The van der Waals surface area contributed by atoms with Crippen LogP contribution in [0.4, 0.5) is 10.5 Å². The average Bonchev–Trinajstić information content (AvgIpc) is 2.59. The van der Waals surface area contributed by atoms with Gasteiger partial charge >= 0.3 is 16.2 Å². The maximum absolute atomic E-state index is 12.2. The molecular weight excluding hydrogens is 358 g/mol. The fourth-order valence-electron chi connectivity index (χ4n) is 3.22. The lowest BCUT2D eigenvalue weighted by atomic mass is 10.0. The van der Waals surface area contributed by atoms with E-state index in [1.54, 1.807) is 23.1 Å². The first-order valence-corrected chi connectivity index (χ1v) is 10.0. The van der Waals surface area contributed by atoms with E-state index in [9.17, 15) is 13.2 Å². The Morgan fingerprint density at radius 3 is 3.04 bits per heavy atom. The van der Waals surface area contributed by atoms with E-state index in [-0.39, 0.29) is 17.9 Å². The van der Waals surface area contributed by atoms with Crippen LogP contribution >= 0.6 is 0 Å². The number of hydrogen-bond acceptors (Lipinski definition) is 5. The molecule has 4 N–H and O–H groups in total. The van der Waals surface area contributed by atoms with Crippen LogP contribution in [0.1, 0.15) is 31.7 Å². The van der Waals surface area contributed by atoms with Crippen LogP contribution in [0.5, 0.6) is 5.75 Å². The summed E-state index contributed by atoms with van der Waals surface area (Å²) in [5.41, 5.74) is 6.57. The third kappa shape index (κ3) is 3.85. The molecule has 0 unspecified atom stereocenters. The summed E-state index contributed by atoms with van der Waals surface area (Å²) in [6.07, 6.45) is 2.85. The number of carbonyl (C=O) groups excluding carboxylic acids is 1. The molecule has 142 valence electrons. The third-order valence-corrected chi connectivity index (χ3v) is 5.30. The number of anilines is 1. The molecule has 1 fully saturated rings. The van der Waals surface area contributed by atoms with Gasteiger partial charge in [-0.05, 0) is 38.3 Å². The Morgan fingerprint density at radius 1 is 1.46 bits per heavy atom. The molecule has 0 spiro atoms. The van der Waals surface area contributed by atoms with Gasteiger partial charge in [0.25, 0.3) is 0 Å². The monoisotopic (exact) mass is 381 g/mol. The molecule has 2 amide bonds. The van der Waals surface area contributed by atoms with E-state index in [0.29, 0.717) is 36.7 Å². The number of urea groups is 1. The average molecular weight is 381 g/mol. The smallest absolute Gasteiger partial charge is 0.344 e. The van der Waals surface area contributed by atoms with E-state index in [1.165, 1.54) is 0 Å². The first-order chi connectivity index (χ1) is 12.4. The maximum Gasteiger partial charge on any atom is 0.344 e. The van der Waals surface area contributed by atoms with Crippen LogP contribution in [0.2, 0.25) is 0 Å². The second kappa shape index (κ2) is 7.40. The van der Waals surface area contributed by atoms with Crippen LogP contribution < -0.4 is 20.5 Å². The van der Waals surface area contributed by atoms with Crippen molar-refractivity contribution in [1.82, 2.24) is 10.2 Å². The normalized spacial score (nSPS) is 21.2. The number of likely N-dealkylation sites (tertiary alicyclic amines) is 1. The Morgan fingerprint density at radius 2 is 2.27 bits per heavy atom. The summed E-state index contributed by atoms with van der Waals surface area (Å²) in [4.78, 5) is 14.0. The number of benzene rings is 1. The number of nitrogens with zero attached hydrogens (tertiary/aromatic N) is 2. The molecule has 1 atom stereocenters. The standard InChI is InChI=1S/C16H23N5O4S/c1-2-18-16(22)21-9-4-3-6-11(21)10-25-13-8-5-7-12-14(13)15(17)20-26(23,24)19-12/h5,7-8,11,19H,2-4,6,9-10H2,1H3,(H2,17,20)(H,18,22)/t11-/m1/s1. The molecule has 0 radical (unpaired) electrons. The Hall–Kier alpha value is -2.49. The first-order valence-electron chi connectivity index (χ1n) is 8.60. The number of nitrogens with two attached hydrogens (primary N) is 1. The lowest BCUT2D eigenvalue weighted by Crippen LogP contribution is -2.50. The Kier molecular flexibility index (Phi) is 5.21.